The Morgan fingerprint density at radius 3 is 2.74 bits per heavy atom. The van der Waals surface area contributed by atoms with E-state index in [1.807, 2.05) is 25.1 Å². The van der Waals surface area contributed by atoms with Crippen molar-refractivity contribution in [2.75, 3.05) is 5.32 Å². The highest BCUT2D eigenvalue weighted by Crippen LogP contribution is 2.32. The number of nitrogens with zero attached hydrogens (tertiary/aromatic N) is 2. The van der Waals surface area contributed by atoms with Gasteiger partial charge in [0, 0.05) is 17.2 Å². The lowest BCUT2D eigenvalue weighted by Gasteiger charge is -2.11. The zero-order valence-electron chi connectivity index (χ0n) is 12.7. The van der Waals surface area contributed by atoms with Crippen LogP contribution in [0, 0.1) is 18.8 Å². The molecule has 3 rings (SSSR count). The first-order valence-electron chi connectivity index (χ1n) is 7.56. The maximum absolute atomic E-state index is 12.3. The number of benzene rings is 1. The fourth-order valence-corrected chi connectivity index (χ4v) is 2.90. The standard InChI is InChI=1S/C16H18N4O3/c1-9-17-14(20-19-9)10-3-2-4-13(8-10)18-15(21)11-5-6-12(7-11)16(22)23/h2-4,8,11-12H,5-7H2,1H3,(H,18,21)(H,22,23)(H,17,19,20)/t11-,12+/m1/s1. The van der Waals surface area contributed by atoms with Crippen molar-refractivity contribution in [2.45, 2.75) is 26.2 Å². The smallest absolute Gasteiger partial charge is 0.306 e. The molecule has 120 valence electrons. The van der Waals surface area contributed by atoms with E-state index in [0.717, 1.165) is 11.4 Å². The van der Waals surface area contributed by atoms with Crippen molar-refractivity contribution in [1.82, 2.24) is 15.2 Å². The fraction of sp³-hybridized carbons (Fsp3) is 0.375. The molecule has 1 saturated carbocycles. The quantitative estimate of drug-likeness (QED) is 0.802. The summed E-state index contributed by atoms with van der Waals surface area (Å²) in [5, 5.41) is 18.8. The number of H-pyrrole nitrogens is 1. The third-order valence-corrected chi connectivity index (χ3v) is 4.14. The molecule has 0 radical (unpaired) electrons. The Hall–Kier alpha value is -2.70. The molecule has 3 N–H and O–H groups in total. The largest absolute Gasteiger partial charge is 0.481 e. The molecule has 0 bridgehead atoms. The van der Waals surface area contributed by atoms with Crippen LogP contribution in [0.4, 0.5) is 5.69 Å². The van der Waals surface area contributed by atoms with Crippen molar-refractivity contribution >= 4 is 17.6 Å². The Bertz CT molecular complexity index is 740. The third-order valence-electron chi connectivity index (χ3n) is 4.14. The van der Waals surface area contributed by atoms with Crippen LogP contribution in [0.1, 0.15) is 25.1 Å². The average molecular weight is 314 g/mol. The molecular formula is C16H18N4O3. The second-order valence-electron chi connectivity index (χ2n) is 5.86. The van der Waals surface area contributed by atoms with Crippen LogP contribution in [-0.4, -0.2) is 32.2 Å². The third kappa shape index (κ3) is 3.39. The van der Waals surface area contributed by atoms with Crippen molar-refractivity contribution in [3.63, 3.8) is 0 Å². The number of amides is 1. The number of carbonyl (C=O) groups is 2. The highest BCUT2D eigenvalue weighted by Gasteiger charge is 2.33. The lowest BCUT2D eigenvalue weighted by molar-refractivity contribution is -0.141. The summed E-state index contributed by atoms with van der Waals surface area (Å²) in [6.07, 6.45) is 1.58. The molecule has 1 fully saturated rings. The minimum Gasteiger partial charge on any atom is -0.481 e. The summed E-state index contributed by atoms with van der Waals surface area (Å²) >= 11 is 0. The Labute approximate surface area is 133 Å². The molecule has 0 unspecified atom stereocenters. The topological polar surface area (TPSA) is 108 Å². The summed E-state index contributed by atoms with van der Waals surface area (Å²) in [7, 11) is 0. The highest BCUT2D eigenvalue weighted by molar-refractivity contribution is 5.93. The zero-order valence-corrected chi connectivity index (χ0v) is 12.7. The average Bonchev–Trinajstić information content (AvgIpc) is 3.16. The summed E-state index contributed by atoms with van der Waals surface area (Å²) in [6.45, 7) is 1.82. The van der Waals surface area contributed by atoms with E-state index in [2.05, 4.69) is 20.5 Å². The summed E-state index contributed by atoms with van der Waals surface area (Å²) in [6, 6.07) is 7.30. The Kier molecular flexibility index (Phi) is 4.10. The van der Waals surface area contributed by atoms with Crippen LogP contribution in [0.2, 0.25) is 0 Å². The summed E-state index contributed by atoms with van der Waals surface area (Å²) in [5.41, 5.74) is 1.47. The van der Waals surface area contributed by atoms with Crippen molar-refractivity contribution in [1.29, 1.82) is 0 Å². The minimum absolute atomic E-state index is 0.128. The molecule has 2 atom stereocenters. The number of carbonyl (C=O) groups excluding carboxylic acids is 1. The molecule has 1 aromatic carbocycles. The van der Waals surface area contributed by atoms with Crippen molar-refractivity contribution < 1.29 is 14.7 Å². The van der Waals surface area contributed by atoms with Crippen molar-refractivity contribution in [3.05, 3.63) is 30.1 Å². The lowest BCUT2D eigenvalue weighted by Crippen LogP contribution is -2.21. The highest BCUT2D eigenvalue weighted by atomic mass is 16.4. The molecule has 1 aliphatic rings. The van der Waals surface area contributed by atoms with Crippen LogP contribution in [0.5, 0.6) is 0 Å². The van der Waals surface area contributed by atoms with Crippen LogP contribution in [0.3, 0.4) is 0 Å². The second-order valence-corrected chi connectivity index (χ2v) is 5.86. The first kappa shape index (κ1) is 15.2. The lowest BCUT2D eigenvalue weighted by atomic mass is 10.0. The van der Waals surface area contributed by atoms with Gasteiger partial charge >= 0.3 is 5.97 Å². The van der Waals surface area contributed by atoms with Crippen LogP contribution in [0.15, 0.2) is 24.3 Å². The van der Waals surface area contributed by atoms with E-state index in [-0.39, 0.29) is 11.8 Å². The molecule has 0 aliphatic heterocycles. The number of aliphatic carboxylic acids is 1. The Balaban J connectivity index is 1.69. The minimum atomic E-state index is -0.817. The maximum atomic E-state index is 12.3. The maximum Gasteiger partial charge on any atom is 0.306 e. The monoisotopic (exact) mass is 314 g/mol. The summed E-state index contributed by atoms with van der Waals surface area (Å²) in [5.74, 6) is -0.302. The summed E-state index contributed by atoms with van der Waals surface area (Å²) < 4.78 is 0. The van der Waals surface area contributed by atoms with Gasteiger partial charge in [0.2, 0.25) is 5.91 Å². The fourth-order valence-electron chi connectivity index (χ4n) is 2.90. The number of anilines is 1. The zero-order chi connectivity index (χ0) is 16.4. The van der Waals surface area contributed by atoms with E-state index in [1.54, 1.807) is 6.07 Å². The summed E-state index contributed by atoms with van der Waals surface area (Å²) in [4.78, 5) is 27.5. The molecule has 0 saturated heterocycles. The van der Waals surface area contributed by atoms with Crippen LogP contribution in [0.25, 0.3) is 11.4 Å². The second kappa shape index (κ2) is 6.20. The van der Waals surface area contributed by atoms with Crippen LogP contribution >= 0.6 is 0 Å². The van der Waals surface area contributed by atoms with E-state index in [1.165, 1.54) is 0 Å². The Morgan fingerprint density at radius 1 is 1.30 bits per heavy atom. The number of carboxylic acid groups (broad SMARTS) is 1. The van der Waals surface area contributed by atoms with Crippen molar-refractivity contribution in [2.24, 2.45) is 11.8 Å². The number of carboxylic acids is 1. The first-order chi connectivity index (χ1) is 11.0. The molecule has 1 aliphatic carbocycles. The number of hydrogen-bond donors (Lipinski definition) is 3. The number of nitrogens with one attached hydrogen (secondary N) is 2. The van der Waals surface area contributed by atoms with Crippen LogP contribution in [-0.2, 0) is 9.59 Å². The van der Waals surface area contributed by atoms with E-state index in [4.69, 9.17) is 5.11 Å². The van der Waals surface area contributed by atoms with Gasteiger partial charge in [-0.1, -0.05) is 12.1 Å². The van der Waals surface area contributed by atoms with Gasteiger partial charge in [-0.15, -0.1) is 0 Å². The predicted molar refractivity (Wildman–Crippen MR) is 83.7 cm³/mol. The normalized spacial score (nSPS) is 20.4. The number of rotatable bonds is 4. The Morgan fingerprint density at radius 2 is 2.09 bits per heavy atom. The molecule has 0 spiro atoms. The van der Waals surface area contributed by atoms with Crippen molar-refractivity contribution in [3.8, 4) is 11.4 Å². The van der Waals surface area contributed by atoms with Gasteiger partial charge in [-0.25, -0.2) is 4.98 Å². The van der Waals surface area contributed by atoms with E-state index >= 15 is 0 Å². The van der Waals surface area contributed by atoms with Gasteiger partial charge in [-0.3, -0.25) is 14.7 Å². The van der Waals surface area contributed by atoms with Gasteiger partial charge in [0.25, 0.3) is 0 Å². The van der Waals surface area contributed by atoms with E-state index in [0.29, 0.717) is 30.8 Å². The number of aromatic nitrogens is 3. The van der Waals surface area contributed by atoms with Gasteiger partial charge in [-0.2, -0.15) is 5.10 Å². The number of aryl methyl sites for hydroxylation is 1. The van der Waals surface area contributed by atoms with Gasteiger partial charge in [0.1, 0.15) is 5.82 Å². The van der Waals surface area contributed by atoms with Crippen LogP contribution < -0.4 is 5.32 Å². The molecular weight excluding hydrogens is 296 g/mol. The molecule has 1 heterocycles. The molecule has 23 heavy (non-hydrogen) atoms. The SMILES string of the molecule is Cc1nc(-c2cccc(NC(=O)[C@@H]3CC[C@H](C(=O)O)C3)c2)n[nH]1. The molecule has 2 aromatic rings. The molecule has 1 aromatic heterocycles. The number of aromatic amines is 1. The predicted octanol–water partition coefficient (Wildman–Crippen LogP) is 2.22. The first-order valence-corrected chi connectivity index (χ1v) is 7.56. The van der Waals surface area contributed by atoms with E-state index < -0.39 is 11.9 Å². The molecule has 1 amide bonds. The van der Waals surface area contributed by atoms with E-state index in [9.17, 15) is 9.59 Å². The molecule has 7 nitrogen and oxygen atoms in total. The molecule has 7 heteroatoms. The van der Waals surface area contributed by atoms with Gasteiger partial charge < -0.3 is 10.4 Å². The van der Waals surface area contributed by atoms with Gasteiger partial charge in [0.15, 0.2) is 5.82 Å². The van der Waals surface area contributed by atoms with Gasteiger partial charge in [0.05, 0.1) is 5.92 Å². The number of hydrogen-bond acceptors (Lipinski definition) is 4. The van der Waals surface area contributed by atoms with Gasteiger partial charge in [-0.05, 0) is 38.3 Å².